The van der Waals surface area contributed by atoms with Crippen molar-refractivity contribution in [3.63, 3.8) is 0 Å². The summed E-state index contributed by atoms with van der Waals surface area (Å²) in [5.41, 5.74) is 0.822. The smallest absolute Gasteiger partial charge is 0.322 e. The molecule has 2 N–H and O–H groups in total. The summed E-state index contributed by atoms with van der Waals surface area (Å²) < 4.78 is 26.3. The summed E-state index contributed by atoms with van der Waals surface area (Å²) in [6, 6.07) is 5.35. The highest BCUT2D eigenvalue weighted by Gasteiger charge is 2.43. The number of carboxylic acids is 1. The number of nitrogens with zero attached hydrogens (tertiary/aromatic N) is 1. The lowest BCUT2D eigenvalue weighted by Gasteiger charge is -2.21. The second kappa shape index (κ2) is 5.51. The number of carbonyl (C=O) groups is 1. The zero-order chi connectivity index (χ0) is 14.9. The summed E-state index contributed by atoms with van der Waals surface area (Å²) in [5, 5.41) is 12.2. The number of sulfonamides is 1. The number of rotatable bonds is 4. The Morgan fingerprint density at radius 3 is 2.70 bits per heavy atom. The fourth-order valence-electron chi connectivity index (χ4n) is 2.42. The van der Waals surface area contributed by atoms with Crippen LogP contribution in [0.5, 0.6) is 0 Å². The lowest BCUT2D eigenvalue weighted by molar-refractivity contribution is -0.140. The molecule has 0 unspecified atom stereocenters. The van der Waals surface area contributed by atoms with E-state index in [0.717, 1.165) is 9.87 Å². The minimum Gasteiger partial charge on any atom is -0.480 e. The molecule has 1 heterocycles. The second-order valence-electron chi connectivity index (χ2n) is 4.97. The van der Waals surface area contributed by atoms with Crippen molar-refractivity contribution in [2.75, 3.05) is 13.6 Å². The first kappa shape index (κ1) is 15.0. The fraction of sp³-hybridized carbons (Fsp3) is 0.462. The van der Waals surface area contributed by atoms with E-state index in [1.807, 2.05) is 0 Å². The van der Waals surface area contributed by atoms with Crippen molar-refractivity contribution < 1.29 is 18.3 Å². The van der Waals surface area contributed by atoms with E-state index in [0.29, 0.717) is 0 Å². The standard InChI is InChI=1S/C13H18N2O4S/c1-9-4-3-5-11(6-9)20(18,19)15-8-10(14-2)7-12(15)13(16)17/h3-6,10,12,14H,7-8H2,1-2H3,(H,16,17)/t10-,12+/m1/s1. The van der Waals surface area contributed by atoms with Gasteiger partial charge in [0.1, 0.15) is 6.04 Å². The molecule has 1 aliphatic heterocycles. The Balaban J connectivity index is 2.39. The van der Waals surface area contributed by atoms with Gasteiger partial charge >= 0.3 is 5.97 Å². The zero-order valence-corrected chi connectivity index (χ0v) is 12.2. The molecule has 0 spiro atoms. The van der Waals surface area contributed by atoms with Gasteiger partial charge in [-0.15, -0.1) is 0 Å². The molecule has 7 heteroatoms. The molecule has 0 amide bonds. The van der Waals surface area contributed by atoms with Crippen molar-refractivity contribution in [1.82, 2.24) is 9.62 Å². The van der Waals surface area contributed by atoms with Crippen LogP contribution in [0.4, 0.5) is 0 Å². The Hall–Kier alpha value is -1.44. The number of nitrogens with one attached hydrogen (secondary N) is 1. The zero-order valence-electron chi connectivity index (χ0n) is 11.4. The average molecular weight is 298 g/mol. The maximum atomic E-state index is 12.6. The SMILES string of the molecule is CN[C@@H]1C[C@@H](C(=O)O)N(S(=O)(=O)c2cccc(C)c2)C1. The minimum absolute atomic E-state index is 0.139. The van der Waals surface area contributed by atoms with E-state index in [1.54, 1.807) is 32.2 Å². The summed E-state index contributed by atoms with van der Waals surface area (Å²) in [6.07, 6.45) is 0.275. The van der Waals surface area contributed by atoms with Gasteiger partial charge in [0.15, 0.2) is 0 Å². The first-order chi connectivity index (χ1) is 9.36. The number of aryl methyl sites for hydroxylation is 1. The second-order valence-corrected chi connectivity index (χ2v) is 6.86. The van der Waals surface area contributed by atoms with E-state index in [9.17, 15) is 18.3 Å². The molecule has 0 saturated carbocycles. The molecule has 2 rings (SSSR count). The quantitative estimate of drug-likeness (QED) is 0.842. The van der Waals surface area contributed by atoms with Crippen molar-refractivity contribution in [1.29, 1.82) is 0 Å². The van der Waals surface area contributed by atoms with Gasteiger partial charge in [-0.25, -0.2) is 8.42 Å². The van der Waals surface area contributed by atoms with E-state index in [4.69, 9.17) is 0 Å². The van der Waals surface area contributed by atoms with Crippen LogP contribution in [0.3, 0.4) is 0 Å². The van der Waals surface area contributed by atoms with Crippen LogP contribution < -0.4 is 5.32 Å². The van der Waals surface area contributed by atoms with Crippen LogP contribution in [0.2, 0.25) is 0 Å². The van der Waals surface area contributed by atoms with Gasteiger partial charge in [0.2, 0.25) is 10.0 Å². The molecule has 0 aliphatic carbocycles. The molecule has 1 aliphatic rings. The maximum absolute atomic E-state index is 12.6. The Labute approximate surface area is 118 Å². The molecule has 0 radical (unpaired) electrons. The van der Waals surface area contributed by atoms with Gasteiger partial charge in [0, 0.05) is 12.6 Å². The lowest BCUT2D eigenvalue weighted by atomic mass is 10.2. The van der Waals surface area contributed by atoms with E-state index < -0.39 is 22.0 Å². The van der Waals surface area contributed by atoms with Gasteiger partial charge in [0.25, 0.3) is 0 Å². The van der Waals surface area contributed by atoms with E-state index in [1.165, 1.54) is 6.07 Å². The van der Waals surface area contributed by atoms with E-state index in [2.05, 4.69) is 5.32 Å². The summed E-state index contributed by atoms with van der Waals surface area (Å²) in [6.45, 7) is 1.97. The van der Waals surface area contributed by atoms with E-state index in [-0.39, 0.29) is 23.9 Å². The van der Waals surface area contributed by atoms with Gasteiger partial charge in [-0.3, -0.25) is 4.79 Å². The highest BCUT2D eigenvalue weighted by molar-refractivity contribution is 7.89. The molecule has 6 nitrogen and oxygen atoms in total. The van der Waals surface area contributed by atoms with E-state index >= 15 is 0 Å². The third kappa shape index (κ3) is 2.70. The van der Waals surface area contributed by atoms with Gasteiger partial charge in [-0.05, 0) is 38.1 Å². The largest absolute Gasteiger partial charge is 0.480 e. The highest BCUT2D eigenvalue weighted by Crippen LogP contribution is 2.26. The average Bonchev–Trinajstić information content (AvgIpc) is 2.83. The first-order valence-electron chi connectivity index (χ1n) is 6.35. The van der Waals surface area contributed by atoms with Crippen LogP contribution in [0.1, 0.15) is 12.0 Å². The summed E-state index contributed by atoms with van der Waals surface area (Å²) in [5.74, 6) is -1.11. The van der Waals surface area contributed by atoms with Crippen molar-refractivity contribution in [3.05, 3.63) is 29.8 Å². The Bertz CT molecular complexity index is 615. The van der Waals surface area contributed by atoms with Crippen LogP contribution >= 0.6 is 0 Å². The van der Waals surface area contributed by atoms with Crippen LogP contribution in [0.25, 0.3) is 0 Å². The van der Waals surface area contributed by atoms with Gasteiger partial charge in [-0.2, -0.15) is 4.31 Å². The van der Waals surface area contributed by atoms with Crippen LogP contribution in [0.15, 0.2) is 29.2 Å². The predicted octanol–water partition coefficient (Wildman–Crippen LogP) is 0.431. The third-order valence-electron chi connectivity index (χ3n) is 3.55. The topological polar surface area (TPSA) is 86.7 Å². The Morgan fingerprint density at radius 1 is 1.45 bits per heavy atom. The first-order valence-corrected chi connectivity index (χ1v) is 7.79. The number of likely N-dealkylation sites (N-methyl/N-ethyl adjacent to an activating group) is 1. The molecule has 1 fully saturated rings. The van der Waals surface area contributed by atoms with Crippen LogP contribution in [-0.4, -0.2) is 49.5 Å². The number of aliphatic carboxylic acids is 1. The fourth-order valence-corrected chi connectivity index (χ4v) is 4.16. The Kier molecular flexibility index (Phi) is 4.12. The van der Waals surface area contributed by atoms with Gasteiger partial charge in [-0.1, -0.05) is 12.1 Å². The third-order valence-corrected chi connectivity index (χ3v) is 5.42. The number of hydrogen-bond donors (Lipinski definition) is 2. The summed E-state index contributed by atoms with van der Waals surface area (Å²) >= 11 is 0. The highest BCUT2D eigenvalue weighted by atomic mass is 32.2. The number of hydrogen-bond acceptors (Lipinski definition) is 4. The maximum Gasteiger partial charge on any atom is 0.322 e. The number of benzene rings is 1. The molecule has 1 aromatic carbocycles. The minimum atomic E-state index is -3.79. The molecule has 20 heavy (non-hydrogen) atoms. The predicted molar refractivity (Wildman–Crippen MR) is 74.0 cm³/mol. The van der Waals surface area contributed by atoms with Crippen LogP contribution in [-0.2, 0) is 14.8 Å². The molecular formula is C13H18N2O4S. The normalized spacial score (nSPS) is 23.9. The summed E-state index contributed by atoms with van der Waals surface area (Å²) in [4.78, 5) is 11.4. The summed E-state index contributed by atoms with van der Waals surface area (Å²) in [7, 11) is -2.09. The van der Waals surface area contributed by atoms with Crippen molar-refractivity contribution >= 4 is 16.0 Å². The van der Waals surface area contributed by atoms with Crippen molar-refractivity contribution in [3.8, 4) is 0 Å². The van der Waals surface area contributed by atoms with Gasteiger partial charge < -0.3 is 10.4 Å². The number of carboxylic acid groups (broad SMARTS) is 1. The molecular weight excluding hydrogens is 280 g/mol. The van der Waals surface area contributed by atoms with Gasteiger partial charge in [0.05, 0.1) is 4.90 Å². The monoisotopic (exact) mass is 298 g/mol. The molecule has 110 valence electrons. The Morgan fingerprint density at radius 2 is 2.15 bits per heavy atom. The van der Waals surface area contributed by atoms with Crippen LogP contribution in [0, 0.1) is 6.92 Å². The molecule has 1 saturated heterocycles. The molecule has 0 bridgehead atoms. The molecule has 0 aromatic heterocycles. The van der Waals surface area contributed by atoms with Crippen molar-refractivity contribution in [2.45, 2.75) is 30.3 Å². The lowest BCUT2D eigenvalue weighted by Crippen LogP contribution is -2.40. The molecule has 1 aromatic rings. The van der Waals surface area contributed by atoms with Crippen molar-refractivity contribution in [2.24, 2.45) is 0 Å². The molecule has 2 atom stereocenters.